The van der Waals surface area contributed by atoms with Crippen molar-refractivity contribution in [3.8, 4) is 0 Å². The molecular weight excluding hydrogens is 628 g/mol. The largest absolute Gasteiger partial charge is 0.481 e. The SMILES string of the molecule is CC(C)C1=C2[C@H]3CCC4[C@@]5(C)CC[C@H](OC(=O)CC(C)(C)C(=O)O)C(C)(C)C5CC[C@@]4(C)[C@]3(C)CC[C@@]2(C(=O)NCc2cccnc2)CC1=O. The number of pyridine rings is 1. The number of hydrogen-bond donors (Lipinski definition) is 2. The Bertz CT molecular complexity index is 1600. The van der Waals surface area contributed by atoms with E-state index in [9.17, 15) is 24.3 Å². The smallest absolute Gasteiger partial charge is 0.309 e. The second-order valence-corrected chi connectivity index (χ2v) is 19.0. The summed E-state index contributed by atoms with van der Waals surface area (Å²) in [5, 5.41) is 12.8. The summed E-state index contributed by atoms with van der Waals surface area (Å²) in [4.78, 5) is 57.3. The second-order valence-electron chi connectivity index (χ2n) is 19.0. The molecule has 0 aromatic carbocycles. The third-order valence-corrected chi connectivity index (χ3v) is 15.4. The highest BCUT2D eigenvalue weighted by atomic mass is 16.5. The van der Waals surface area contributed by atoms with E-state index in [2.05, 4.69) is 58.8 Å². The van der Waals surface area contributed by atoms with Crippen molar-refractivity contribution in [1.29, 1.82) is 0 Å². The van der Waals surface area contributed by atoms with Gasteiger partial charge < -0.3 is 15.2 Å². The Balaban J connectivity index is 1.29. The number of carboxylic acids is 1. The number of ketones is 1. The van der Waals surface area contributed by atoms with Crippen LogP contribution in [-0.2, 0) is 30.5 Å². The zero-order valence-electron chi connectivity index (χ0n) is 31.9. The number of esters is 1. The monoisotopic (exact) mass is 688 g/mol. The third kappa shape index (κ3) is 5.39. The van der Waals surface area contributed by atoms with E-state index < -0.39 is 22.8 Å². The molecule has 4 saturated carbocycles. The molecule has 0 saturated heterocycles. The minimum atomic E-state index is -1.17. The number of aromatic nitrogens is 1. The van der Waals surface area contributed by atoms with Gasteiger partial charge in [-0.1, -0.05) is 54.5 Å². The first-order valence-electron chi connectivity index (χ1n) is 19.1. The highest BCUT2D eigenvalue weighted by Gasteiger charge is 2.71. The first-order chi connectivity index (χ1) is 23.2. The van der Waals surface area contributed by atoms with Gasteiger partial charge in [0.1, 0.15) is 6.10 Å². The third-order valence-electron chi connectivity index (χ3n) is 15.4. The number of allylic oxidation sites excluding steroid dienone is 1. The van der Waals surface area contributed by atoms with E-state index in [0.29, 0.717) is 24.8 Å². The van der Waals surface area contributed by atoms with E-state index in [-0.39, 0.29) is 64.1 Å². The number of hydrogen-bond acceptors (Lipinski definition) is 6. The summed E-state index contributed by atoms with van der Waals surface area (Å²) in [6, 6.07) is 3.85. The van der Waals surface area contributed by atoms with Crippen LogP contribution in [0.4, 0.5) is 0 Å². The van der Waals surface area contributed by atoms with Crippen molar-refractivity contribution in [2.75, 3.05) is 0 Å². The maximum Gasteiger partial charge on any atom is 0.309 e. The number of carboxylic acid groups (broad SMARTS) is 1. The number of nitrogens with zero attached hydrogens (tertiary/aromatic N) is 1. The van der Waals surface area contributed by atoms with Crippen LogP contribution in [0.3, 0.4) is 0 Å². The number of ether oxygens (including phenoxy) is 1. The van der Waals surface area contributed by atoms with Crippen LogP contribution in [0.2, 0.25) is 0 Å². The number of nitrogens with one attached hydrogen (secondary N) is 1. The Hall–Kier alpha value is -3.03. The summed E-state index contributed by atoms with van der Waals surface area (Å²) < 4.78 is 6.15. The van der Waals surface area contributed by atoms with Gasteiger partial charge in [-0.25, -0.2) is 0 Å². The highest BCUT2D eigenvalue weighted by molar-refractivity contribution is 6.07. The van der Waals surface area contributed by atoms with Gasteiger partial charge in [0.15, 0.2) is 5.78 Å². The fourth-order valence-electron chi connectivity index (χ4n) is 12.6. The minimum Gasteiger partial charge on any atom is -0.481 e. The quantitative estimate of drug-likeness (QED) is 0.265. The lowest BCUT2D eigenvalue weighted by molar-refractivity contribution is -0.233. The zero-order chi connectivity index (χ0) is 36.7. The second kappa shape index (κ2) is 12.3. The average Bonchev–Trinajstić information content (AvgIpc) is 3.35. The molecule has 0 aliphatic heterocycles. The van der Waals surface area contributed by atoms with Crippen LogP contribution >= 0.6 is 0 Å². The van der Waals surface area contributed by atoms with E-state index in [1.165, 1.54) is 0 Å². The van der Waals surface area contributed by atoms with E-state index in [1.54, 1.807) is 26.2 Å². The van der Waals surface area contributed by atoms with Gasteiger partial charge in [0.25, 0.3) is 0 Å². The van der Waals surface area contributed by atoms with Gasteiger partial charge >= 0.3 is 11.9 Å². The standard InChI is InChI=1S/C42H60N2O6/c1-25(2)33-28(45)21-42(35(47)44-24-26-11-10-20-43-23-26)19-18-40(8)27(34(33)42)12-13-30-39(7)16-15-31(50-32(46)22-37(3,4)36(48)49)38(5,6)29(39)14-17-41(30,40)9/h10-11,20,23,25,27,29-31H,12-19,21-22,24H2,1-9H3,(H,44,47)(H,48,49)/t27-,29?,30?,31+,39+,40-,41-,42-/m1/s1. The fraction of sp³-hybridized carbons (Fsp3) is 0.738. The fourth-order valence-corrected chi connectivity index (χ4v) is 12.6. The van der Waals surface area contributed by atoms with Crippen LogP contribution in [0.25, 0.3) is 0 Å². The molecule has 2 unspecified atom stereocenters. The Morgan fingerprint density at radius 2 is 1.70 bits per heavy atom. The van der Waals surface area contributed by atoms with Crippen molar-refractivity contribution in [3.63, 3.8) is 0 Å². The molecule has 1 heterocycles. The van der Waals surface area contributed by atoms with Gasteiger partial charge in [-0.2, -0.15) is 0 Å². The van der Waals surface area contributed by atoms with E-state index in [0.717, 1.165) is 61.7 Å². The van der Waals surface area contributed by atoms with Crippen molar-refractivity contribution in [3.05, 3.63) is 41.2 Å². The van der Waals surface area contributed by atoms with Crippen molar-refractivity contribution in [2.24, 2.45) is 56.2 Å². The van der Waals surface area contributed by atoms with Crippen LogP contribution in [0.1, 0.15) is 132 Å². The van der Waals surface area contributed by atoms with Crippen LogP contribution in [0.5, 0.6) is 0 Å². The molecule has 5 aliphatic rings. The van der Waals surface area contributed by atoms with Crippen molar-refractivity contribution in [2.45, 2.75) is 139 Å². The summed E-state index contributed by atoms with van der Waals surface area (Å²) in [5.41, 5.74) is 0.809. The number of Topliss-reactive ketones (excluding diaryl/α,β-unsaturated/α-hetero) is 1. The molecule has 0 radical (unpaired) electrons. The predicted molar refractivity (Wildman–Crippen MR) is 191 cm³/mol. The molecule has 8 heteroatoms. The molecule has 4 fully saturated rings. The maximum atomic E-state index is 14.4. The maximum absolute atomic E-state index is 14.4. The molecule has 2 N–H and O–H groups in total. The first kappa shape index (κ1) is 36.8. The minimum absolute atomic E-state index is 0.00768. The summed E-state index contributed by atoms with van der Waals surface area (Å²) in [6.07, 6.45) is 10.8. The van der Waals surface area contributed by atoms with E-state index in [1.807, 2.05) is 12.1 Å². The van der Waals surface area contributed by atoms with Gasteiger partial charge in [-0.05, 0) is 128 Å². The molecule has 8 nitrogen and oxygen atoms in total. The molecule has 0 bridgehead atoms. The van der Waals surface area contributed by atoms with Crippen molar-refractivity contribution >= 4 is 23.6 Å². The molecule has 1 aromatic heterocycles. The number of carbonyl (C=O) groups excluding carboxylic acids is 3. The summed E-state index contributed by atoms with van der Waals surface area (Å²) in [7, 11) is 0. The van der Waals surface area contributed by atoms with Gasteiger partial charge in [0.2, 0.25) is 5.91 Å². The van der Waals surface area contributed by atoms with Gasteiger partial charge in [-0.3, -0.25) is 24.2 Å². The Morgan fingerprint density at radius 3 is 2.34 bits per heavy atom. The van der Waals surface area contributed by atoms with Crippen LogP contribution < -0.4 is 5.32 Å². The number of amides is 1. The summed E-state index contributed by atoms with van der Waals surface area (Å²) >= 11 is 0. The number of aliphatic carboxylic acids is 1. The molecule has 6 rings (SSSR count). The number of carbonyl (C=O) groups is 4. The molecule has 1 amide bonds. The lowest BCUT2D eigenvalue weighted by atomic mass is 9.33. The van der Waals surface area contributed by atoms with Gasteiger partial charge in [0, 0.05) is 30.8 Å². The molecular formula is C42H60N2O6. The highest BCUT2D eigenvalue weighted by Crippen LogP contribution is 2.76. The zero-order valence-corrected chi connectivity index (χ0v) is 31.9. The van der Waals surface area contributed by atoms with Gasteiger partial charge in [-0.15, -0.1) is 0 Å². The van der Waals surface area contributed by atoms with Crippen LogP contribution in [-0.4, -0.2) is 39.8 Å². The topological polar surface area (TPSA) is 123 Å². The molecule has 5 aliphatic carbocycles. The van der Waals surface area contributed by atoms with Crippen LogP contribution in [0.15, 0.2) is 35.7 Å². The predicted octanol–water partition coefficient (Wildman–Crippen LogP) is 8.09. The molecule has 274 valence electrons. The summed E-state index contributed by atoms with van der Waals surface area (Å²) in [6.45, 7) is 19.8. The molecule has 50 heavy (non-hydrogen) atoms. The molecule has 8 atom stereocenters. The Morgan fingerprint density at radius 1 is 0.980 bits per heavy atom. The lowest BCUT2D eigenvalue weighted by Gasteiger charge is -2.72. The Kier molecular flexibility index (Phi) is 9.03. The lowest BCUT2D eigenvalue weighted by Crippen LogP contribution is -2.66. The number of fused-ring (bicyclic) bond motifs is 7. The van der Waals surface area contributed by atoms with Gasteiger partial charge in [0.05, 0.1) is 17.3 Å². The van der Waals surface area contributed by atoms with E-state index >= 15 is 0 Å². The molecule has 1 aromatic rings. The van der Waals surface area contributed by atoms with Crippen molar-refractivity contribution < 1.29 is 29.0 Å². The normalized spacial score (nSPS) is 37.7. The average molecular weight is 689 g/mol. The number of rotatable bonds is 8. The van der Waals surface area contributed by atoms with Crippen molar-refractivity contribution in [1.82, 2.24) is 10.3 Å². The summed E-state index contributed by atoms with van der Waals surface area (Å²) in [5.74, 6) is -0.227. The van der Waals surface area contributed by atoms with E-state index in [4.69, 9.17) is 4.74 Å². The first-order valence-corrected chi connectivity index (χ1v) is 19.1. The molecule has 0 spiro atoms. The Labute approximate surface area is 299 Å². The van der Waals surface area contributed by atoms with Crippen LogP contribution in [0, 0.1) is 56.2 Å².